The topological polar surface area (TPSA) is 75.5 Å². The average Bonchev–Trinajstić information content (AvgIpc) is 2.99. The van der Waals surface area contributed by atoms with E-state index in [2.05, 4.69) is 14.8 Å². The van der Waals surface area contributed by atoms with Crippen molar-refractivity contribution in [2.24, 2.45) is 5.92 Å². The van der Waals surface area contributed by atoms with E-state index in [0.29, 0.717) is 23.7 Å². The fraction of sp³-hybridized carbons (Fsp3) is 0.471. The number of aryl methyl sites for hydroxylation is 2. The Morgan fingerprint density at radius 2 is 1.92 bits per heavy atom. The predicted octanol–water partition coefficient (Wildman–Crippen LogP) is 2.02. The van der Waals surface area contributed by atoms with Crippen molar-refractivity contribution in [2.45, 2.75) is 26.3 Å². The molecule has 0 aliphatic carbocycles. The molecule has 0 saturated carbocycles. The maximum Gasteiger partial charge on any atom is 0.338 e. The predicted molar refractivity (Wildman–Crippen MR) is 86.4 cm³/mol. The quantitative estimate of drug-likeness (QED) is 0.780. The molecule has 128 valence electrons. The van der Waals surface area contributed by atoms with Gasteiger partial charge in [-0.05, 0) is 25.5 Å². The Balaban J connectivity index is 1.63. The summed E-state index contributed by atoms with van der Waals surface area (Å²) in [5.74, 6) is 2.92. The van der Waals surface area contributed by atoms with Crippen LogP contribution in [0.2, 0.25) is 0 Å². The van der Waals surface area contributed by atoms with Gasteiger partial charge in [0.25, 0.3) is 0 Å². The van der Waals surface area contributed by atoms with E-state index in [1.807, 2.05) is 6.92 Å². The highest BCUT2D eigenvalue weighted by Crippen LogP contribution is 2.24. The number of aromatic nitrogens is 3. The third kappa shape index (κ3) is 3.34. The third-order valence-electron chi connectivity index (χ3n) is 4.27. The average molecular weight is 331 g/mol. The molecule has 24 heavy (non-hydrogen) atoms. The number of hydrogen-bond acceptors (Lipinski definition) is 6. The van der Waals surface area contributed by atoms with Gasteiger partial charge >= 0.3 is 5.97 Å². The van der Waals surface area contributed by atoms with Crippen molar-refractivity contribution < 1.29 is 19.0 Å². The van der Waals surface area contributed by atoms with E-state index in [1.165, 1.54) is 0 Å². The summed E-state index contributed by atoms with van der Waals surface area (Å²) in [6.07, 6.45) is 1.79. The summed E-state index contributed by atoms with van der Waals surface area (Å²) in [6.45, 7) is 3.09. The van der Waals surface area contributed by atoms with E-state index >= 15 is 0 Å². The second-order valence-corrected chi connectivity index (χ2v) is 5.88. The molecular formula is C17H21N3O4. The summed E-state index contributed by atoms with van der Waals surface area (Å²) in [5.41, 5.74) is 0.420. The Bertz CT molecular complexity index is 719. The summed E-state index contributed by atoms with van der Waals surface area (Å²) in [6, 6.07) is 5.01. The van der Waals surface area contributed by atoms with Crippen LogP contribution >= 0.6 is 0 Å². The Morgan fingerprint density at radius 1 is 1.21 bits per heavy atom. The van der Waals surface area contributed by atoms with Gasteiger partial charge in [0, 0.05) is 24.9 Å². The van der Waals surface area contributed by atoms with Gasteiger partial charge < -0.3 is 18.8 Å². The van der Waals surface area contributed by atoms with Gasteiger partial charge in [0.05, 0.1) is 26.4 Å². The van der Waals surface area contributed by atoms with Crippen molar-refractivity contribution in [2.75, 3.05) is 20.8 Å². The molecule has 1 atom stereocenters. The van der Waals surface area contributed by atoms with Crippen LogP contribution in [0.5, 0.6) is 11.5 Å². The Kier molecular flexibility index (Phi) is 4.69. The van der Waals surface area contributed by atoms with Crippen molar-refractivity contribution in [1.82, 2.24) is 14.8 Å². The number of methoxy groups -OCH3 is 2. The zero-order valence-corrected chi connectivity index (χ0v) is 14.1. The molecule has 0 amide bonds. The van der Waals surface area contributed by atoms with E-state index in [9.17, 15) is 4.79 Å². The molecule has 7 heteroatoms. The molecule has 0 N–H and O–H groups in total. The molecule has 3 rings (SSSR count). The van der Waals surface area contributed by atoms with Gasteiger partial charge in [-0.1, -0.05) is 0 Å². The molecule has 0 radical (unpaired) electrons. The number of benzene rings is 1. The summed E-state index contributed by atoms with van der Waals surface area (Å²) < 4.78 is 17.9. The normalized spacial score (nSPS) is 16.4. The van der Waals surface area contributed by atoms with Crippen molar-refractivity contribution in [3.8, 4) is 11.5 Å². The number of esters is 1. The van der Waals surface area contributed by atoms with Crippen LogP contribution in [-0.4, -0.2) is 41.6 Å². The Hall–Kier alpha value is -2.57. The van der Waals surface area contributed by atoms with Crippen molar-refractivity contribution in [3.05, 3.63) is 35.4 Å². The molecule has 1 aliphatic rings. The first kappa shape index (κ1) is 16.3. The van der Waals surface area contributed by atoms with Gasteiger partial charge in [0.1, 0.15) is 23.1 Å². The standard InChI is InChI=1S/C17H21N3O4/c1-11-18-19-16-5-4-12(9-20(11)16)10-24-17(21)13-6-14(22-2)8-15(7-13)23-3/h6-8,12H,4-5,9-10H2,1-3H3. The van der Waals surface area contributed by atoms with Crippen LogP contribution in [-0.2, 0) is 17.7 Å². The van der Waals surface area contributed by atoms with E-state index in [-0.39, 0.29) is 11.9 Å². The highest BCUT2D eigenvalue weighted by atomic mass is 16.5. The van der Waals surface area contributed by atoms with Gasteiger partial charge in [-0.25, -0.2) is 4.79 Å². The van der Waals surface area contributed by atoms with Gasteiger partial charge in [-0.15, -0.1) is 10.2 Å². The summed E-state index contributed by atoms with van der Waals surface area (Å²) in [4.78, 5) is 12.3. The molecular weight excluding hydrogens is 310 g/mol. The molecule has 1 aliphatic heterocycles. The van der Waals surface area contributed by atoms with Crippen LogP contribution in [0.4, 0.5) is 0 Å². The second-order valence-electron chi connectivity index (χ2n) is 5.88. The zero-order valence-electron chi connectivity index (χ0n) is 14.1. The van der Waals surface area contributed by atoms with Gasteiger partial charge in [0.15, 0.2) is 0 Å². The molecule has 2 aromatic rings. The third-order valence-corrected chi connectivity index (χ3v) is 4.27. The number of rotatable bonds is 5. The number of ether oxygens (including phenoxy) is 3. The minimum Gasteiger partial charge on any atom is -0.497 e. The summed E-state index contributed by atoms with van der Waals surface area (Å²) >= 11 is 0. The molecule has 1 unspecified atom stereocenters. The van der Waals surface area contributed by atoms with E-state index < -0.39 is 0 Å². The monoisotopic (exact) mass is 331 g/mol. The summed E-state index contributed by atoms with van der Waals surface area (Å²) in [5, 5.41) is 8.24. The van der Waals surface area contributed by atoms with E-state index in [0.717, 1.165) is 31.0 Å². The van der Waals surface area contributed by atoms with E-state index in [4.69, 9.17) is 14.2 Å². The lowest BCUT2D eigenvalue weighted by Gasteiger charge is -2.23. The van der Waals surface area contributed by atoms with Crippen molar-refractivity contribution >= 4 is 5.97 Å². The molecule has 1 aromatic carbocycles. The van der Waals surface area contributed by atoms with Crippen molar-refractivity contribution in [3.63, 3.8) is 0 Å². The fourth-order valence-electron chi connectivity index (χ4n) is 2.87. The lowest BCUT2D eigenvalue weighted by Crippen LogP contribution is -2.26. The van der Waals surface area contributed by atoms with Gasteiger partial charge in [-0.3, -0.25) is 0 Å². The number of carbonyl (C=O) groups is 1. The SMILES string of the molecule is COc1cc(OC)cc(C(=O)OCC2CCc3nnc(C)n3C2)c1. The van der Waals surface area contributed by atoms with Crippen molar-refractivity contribution in [1.29, 1.82) is 0 Å². The van der Waals surface area contributed by atoms with E-state index in [1.54, 1.807) is 32.4 Å². The Morgan fingerprint density at radius 3 is 2.58 bits per heavy atom. The first-order chi connectivity index (χ1) is 11.6. The smallest absolute Gasteiger partial charge is 0.338 e. The van der Waals surface area contributed by atoms with Gasteiger partial charge in [0.2, 0.25) is 0 Å². The maximum absolute atomic E-state index is 12.3. The first-order valence-corrected chi connectivity index (χ1v) is 7.89. The maximum atomic E-state index is 12.3. The molecule has 7 nitrogen and oxygen atoms in total. The number of hydrogen-bond donors (Lipinski definition) is 0. The number of nitrogens with zero attached hydrogens (tertiary/aromatic N) is 3. The lowest BCUT2D eigenvalue weighted by atomic mass is 10.0. The highest BCUT2D eigenvalue weighted by molar-refractivity contribution is 5.90. The fourth-order valence-corrected chi connectivity index (χ4v) is 2.87. The molecule has 2 heterocycles. The lowest BCUT2D eigenvalue weighted by molar-refractivity contribution is 0.0408. The molecule has 0 spiro atoms. The molecule has 0 fully saturated rings. The molecule has 1 aromatic heterocycles. The Labute approximate surface area is 140 Å². The molecule has 0 bridgehead atoms. The number of fused-ring (bicyclic) bond motifs is 1. The minimum absolute atomic E-state index is 0.267. The van der Waals surface area contributed by atoms with Crippen LogP contribution in [0.25, 0.3) is 0 Å². The zero-order chi connectivity index (χ0) is 17.1. The summed E-state index contributed by atoms with van der Waals surface area (Å²) in [7, 11) is 3.09. The van der Waals surface area contributed by atoms with Crippen LogP contribution in [0.15, 0.2) is 18.2 Å². The molecule has 0 saturated heterocycles. The van der Waals surface area contributed by atoms with Gasteiger partial charge in [-0.2, -0.15) is 0 Å². The van der Waals surface area contributed by atoms with Crippen LogP contribution in [0.1, 0.15) is 28.4 Å². The first-order valence-electron chi connectivity index (χ1n) is 7.89. The van der Waals surface area contributed by atoms with Crippen LogP contribution in [0, 0.1) is 12.8 Å². The largest absolute Gasteiger partial charge is 0.497 e. The van der Waals surface area contributed by atoms with Crippen LogP contribution < -0.4 is 9.47 Å². The highest BCUT2D eigenvalue weighted by Gasteiger charge is 2.23. The second kappa shape index (κ2) is 6.90. The minimum atomic E-state index is -0.376. The van der Waals surface area contributed by atoms with Crippen LogP contribution in [0.3, 0.4) is 0 Å². The number of carbonyl (C=O) groups excluding carboxylic acids is 1.